The Labute approximate surface area is 179 Å². The molecule has 1 saturated carbocycles. The highest BCUT2D eigenvalue weighted by molar-refractivity contribution is 7.92. The fraction of sp³-hybridized carbons (Fsp3) is 0.318. The highest BCUT2D eigenvalue weighted by Gasteiger charge is 2.33. The van der Waals surface area contributed by atoms with E-state index in [-0.39, 0.29) is 25.0 Å². The number of sulfonamides is 1. The summed E-state index contributed by atoms with van der Waals surface area (Å²) >= 11 is 0. The quantitative estimate of drug-likeness (QED) is 0.581. The third kappa shape index (κ3) is 4.03. The molecule has 0 bridgehead atoms. The number of fused-ring (bicyclic) bond motifs is 1. The zero-order valence-corrected chi connectivity index (χ0v) is 18.0. The number of halogens is 1. The Balaban J connectivity index is 2.02. The van der Waals surface area contributed by atoms with Crippen LogP contribution in [0.4, 0.5) is 10.1 Å². The number of nitrogens with one attached hydrogen (secondary N) is 1. The Morgan fingerprint density at radius 2 is 1.94 bits per heavy atom. The second-order valence-corrected chi connectivity index (χ2v) is 9.54. The van der Waals surface area contributed by atoms with Crippen molar-refractivity contribution >= 4 is 32.6 Å². The molecule has 0 spiro atoms. The lowest BCUT2D eigenvalue weighted by molar-refractivity contribution is 0.0964. The van der Waals surface area contributed by atoms with Gasteiger partial charge < -0.3 is 14.8 Å². The van der Waals surface area contributed by atoms with Crippen LogP contribution >= 0.6 is 0 Å². The molecule has 4 rings (SSSR count). The molecule has 1 aromatic heterocycles. The van der Waals surface area contributed by atoms with Gasteiger partial charge in [-0.2, -0.15) is 0 Å². The van der Waals surface area contributed by atoms with Crippen LogP contribution in [0.2, 0.25) is 0 Å². The van der Waals surface area contributed by atoms with Crippen LogP contribution in [0.1, 0.15) is 34.7 Å². The summed E-state index contributed by atoms with van der Waals surface area (Å²) in [5.74, 6) is -0.278. The van der Waals surface area contributed by atoms with Crippen LogP contribution in [0.5, 0.6) is 0 Å². The number of anilines is 1. The van der Waals surface area contributed by atoms with Gasteiger partial charge in [-0.05, 0) is 54.7 Å². The zero-order valence-electron chi connectivity index (χ0n) is 17.2. The van der Waals surface area contributed by atoms with Crippen molar-refractivity contribution in [2.24, 2.45) is 0 Å². The van der Waals surface area contributed by atoms with E-state index in [0.717, 1.165) is 29.0 Å². The van der Waals surface area contributed by atoms with Gasteiger partial charge in [-0.25, -0.2) is 12.8 Å². The lowest BCUT2D eigenvalue weighted by atomic mass is 9.98. The lowest BCUT2D eigenvalue weighted by Crippen LogP contribution is -2.32. The van der Waals surface area contributed by atoms with Crippen LogP contribution in [0, 0.1) is 5.82 Å². The molecular formula is C22H23FN2O5S. The normalized spacial score (nSPS) is 14.1. The molecule has 0 radical (unpaired) electrons. The molecule has 1 amide bonds. The van der Waals surface area contributed by atoms with Crippen molar-refractivity contribution in [1.82, 2.24) is 5.32 Å². The molecule has 0 aliphatic heterocycles. The van der Waals surface area contributed by atoms with E-state index in [4.69, 9.17) is 4.42 Å². The Morgan fingerprint density at radius 1 is 1.26 bits per heavy atom. The van der Waals surface area contributed by atoms with Gasteiger partial charge in [-0.3, -0.25) is 9.10 Å². The molecule has 1 aliphatic rings. The van der Waals surface area contributed by atoms with E-state index in [0.29, 0.717) is 33.5 Å². The Morgan fingerprint density at radius 3 is 2.48 bits per heavy atom. The van der Waals surface area contributed by atoms with Gasteiger partial charge in [0.25, 0.3) is 5.91 Å². The number of carbonyl (C=O) groups excluding carboxylic acids is 1. The molecule has 7 nitrogen and oxygen atoms in total. The van der Waals surface area contributed by atoms with Gasteiger partial charge in [0.1, 0.15) is 17.2 Å². The lowest BCUT2D eigenvalue weighted by Gasteiger charge is -2.22. The molecule has 0 saturated heterocycles. The Kier molecular flexibility index (Phi) is 5.49. The molecule has 2 N–H and O–H groups in total. The predicted molar refractivity (Wildman–Crippen MR) is 116 cm³/mol. The van der Waals surface area contributed by atoms with E-state index in [9.17, 15) is 22.7 Å². The van der Waals surface area contributed by atoms with E-state index < -0.39 is 15.8 Å². The maximum absolute atomic E-state index is 13.4. The van der Waals surface area contributed by atoms with Gasteiger partial charge >= 0.3 is 0 Å². The molecule has 0 unspecified atom stereocenters. The van der Waals surface area contributed by atoms with Crippen LogP contribution in [0.3, 0.4) is 0 Å². The highest BCUT2D eigenvalue weighted by atomic mass is 32.2. The topological polar surface area (TPSA) is 99.8 Å². The molecule has 9 heteroatoms. The average molecular weight is 447 g/mol. The first-order chi connectivity index (χ1) is 14.7. The molecular weight excluding hydrogens is 423 g/mol. The van der Waals surface area contributed by atoms with Gasteiger partial charge in [0.15, 0.2) is 0 Å². The molecule has 164 valence electrons. The Bertz CT molecular complexity index is 1250. The number of hydrogen-bond acceptors (Lipinski definition) is 5. The number of amides is 1. The molecule has 1 heterocycles. The van der Waals surface area contributed by atoms with Crippen molar-refractivity contribution in [3.05, 3.63) is 53.3 Å². The summed E-state index contributed by atoms with van der Waals surface area (Å²) in [5, 5.41) is 12.6. The first kappa shape index (κ1) is 21.3. The van der Waals surface area contributed by atoms with Crippen molar-refractivity contribution in [2.45, 2.75) is 18.8 Å². The number of aliphatic hydroxyl groups is 1. The second kappa shape index (κ2) is 7.97. The van der Waals surface area contributed by atoms with Crippen LogP contribution in [-0.4, -0.2) is 45.9 Å². The number of hydrogen-bond donors (Lipinski definition) is 2. The van der Waals surface area contributed by atoms with Crippen molar-refractivity contribution in [3.8, 4) is 11.3 Å². The molecule has 2 aromatic carbocycles. The summed E-state index contributed by atoms with van der Waals surface area (Å²) in [6.07, 6.45) is 2.91. The van der Waals surface area contributed by atoms with Gasteiger partial charge in [0.05, 0.1) is 30.7 Å². The van der Waals surface area contributed by atoms with Crippen molar-refractivity contribution in [3.63, 3.8) is 0 Å². The molecule has 3 aromatic rings. The summed E-state index contributed by atoms with van der Waals surface area (Å²) < 4.78 is 45.3. The molecule has 1 fully saturated rings. The highest BCUT2D eigenvalue weighted by Crippen LogP contribution is 2.48. The smallest absolute Gasteiger partial charge is 0.255 e. The summed E-state index contributed by atoms with van der Waals surface area (Å²) in [4.78, 5) is 12.8. The van der Waals surface area contributed by atoms with Crippen LogP contribution in [0.25, 0.3) is 22.3 Å². The number of rotatable bonds is 7. The van der Waals surface area contributed by atoms with E-state index in [1.165, 1.54) is 31.3 Å². The second-order valence-electron chi connectivity index (χ2n) is 7.63. The summed E-state index contributed by atoms with van der Waals surface area (Å²) in [7, 11) is -2.12. The number of nitrogens with zero attached hydrogens (tertiary/aromatic N) is 1. The van der Waals surface area contributed by atoms with E-state index in [1.807, 2.05) is 0 Å². The summed E-state index contributed by atoms with van der Waals surface area (Å²) in [5.41, 5.74) is 2.44. The van der Waals surface area contributed by atoms with Crippen molar-refractivity contribution in [2.75, 3.05) is 30.8 Å². The van der Waals surface area contributed by atoms with Crippen molar-refractivity contribution in [1.29, 1.82) is 0 Å². The van der Waals surface area contributed by atoms with E-state index in [1.54, 1.807) is 12.1 Å². The van der Waals surface area contributed by atoms with Gasteiger partial charge in [0.2, 0.25) is 10.0 Å². The average Bonchev–Trinajstić information content (AvgIpc) is 3.50. The van der Waals surface area contributed by atoms with Crippen LogP contribution in [-0.2, 0) is 10.0 Å². The SMILES string of the molecule is CNC(=O)c1c(-c2ccc(F)cc2)oc2cc(N(CCO)S(C)(=O)=O)cc(C3CC3)c12. The number of furan rings is 1. The monoisotopic (exact) mass is 446 g/mol. The largest absolute Gasteiger partial charge is 0.455 e. The third-order valence-corrected chi connectivity index (χ3v) is 6.57. The Hall–Kier alpha value is -2.91. The summed E-state index contributed by atoms with van der Waals surface area (Å²) in [6, 6.07) is 8.97. The maximum atomic E-state index is 13.4. The van der Waals surface area contributed by atoms with Crippen molar-refractivity contribution < 1.29 is 27.1 Å². The van der Waals surface area contributed by atoms with Gasteiger partial charge in [0, 0.05) is 24.1 Å². The zero-order chi connectivity index (χ0) is 22.3. The predicted octanol–water partition coefficient (Wildman–Crippen LogP) is 3.23. The molecule has 0 atom stereocenters. The fourth-order valence-corrected chi connectivity index (χ4v) is 4.73. The number of aliphatic hydroxyl groups excluding tert-OH is 1. The van der Waals surface area contributed by atoms with Gasteiger partial charge in [-0.1, -0.05) is 0 Å². The fourth-order valence-electron chi connectivity index (χ4n) is 3.83. The first-order valence-electron chi connectivity index (χ1n) is 9.91. The van der Waals surface area contributed by atoms with Crippen LogP contribution < -0.4 is 9.62 Å². The minimum Gasteiger partial charge on any atom is -0.455 e. The number of carbonyl (C=O) groups is 1. The number of benzene rings is 2. The van der Waals surface area contributed by atoms with E-state index >= 15 is 0 Å². The van der Waals surface area contributed by atoms with Crippen LogP contribution in [0.15, 0.2) is 40.8 Å². The van der Waals surface area contributed by atoms with Gasteiger partial charge in [-0.15, -0.1) is 0 Å². The minimum atomic E-state index is -3.64. The molecule has 31 heavy (non-hydrogen) atoms. The third-order valence-electron chi connectivity index (χ3n) is 5.38. The van der Waals surface area contributed by atoms with E-state index in [2.05, 4.69) is 5.32 Å². The first-order valence-corrected chi connectivity index (χ1v) is 11.8. The summed E-state index contributed by atoms with van der Waals surface area (Å²) in [6.45, 7) is -0.436. The maximum Gasteiger partial charge on any atom is 0.255 e. The minimum absolute atomic E-state index is 0.0950. The standard InChI is InChI=1S/C22H23FN2O5S/c1-24-22(27)20-19-17(13-3-4-13)11-16(25(9-10-26)31(2,28)29)12-18(19)30-21(20)14-5-7-15(23)8-6-14/h5-8,11-13,26H,3-4,9-10H2,1-2H3,(H,24,27). The molecule has 1 aliphatic carbocycles.